The molecule has 2 nitrogen and oxygen atoms in total. The molecule has 0 bridgehead atoms. The quantitative estimate of drug-likeness (QED) is 0.313. The summed E-state index contributed by atoms with van der Waals surface area (Å²) in [5.41, 5.74) is 5.34. The van der Waals surface area contributed by atoms with Crippen LogP contribution in [0.5, 0.6) is 5.75 Å². The summed E-state index contributed by atoms with van der Waals surface area (Å²) in [5, 5.41) is 1.10. The van der Waals surface area contributed by atoms with Gasteiger partial charge in [0.05, 0.1) is 12.3 Å². The fraction of sp³-hybridized carbons (Fsp3) is 0.318. The van der Waals surface area contributed by atoms with E-state index in [4.69, 9.17) is 9.72 Å². The molecule has 0 N–H and O–H groups in total. The molecule has 0 radical (unpaired) electrons. The Labute approximate surface area is 172 Å². The van der Waals surface area contributed by atoms with Crippen molar-refractivity contribution in [3.05, 3.63) is 70.2 Å². The second-order valence-corrected chi connectivity index (χ2v) is 8.82. The number of rotatable bonds is 6. The molecule has 0 fully saturated rings. The number of fused-ring (bicyclic) bond motifs is 1. The van der Waals surface area contributed by atoms with Gasteiger partial charge in [0, 0.05) is 21.3 Å². The Morgan fingerprint density at radius 1 is 1.19 bits per heavy atom. The minimum Gasteiger partial charge on any atom is -0.493 e. The van der Waals surface area contributed by atoms with Crippen molar-refractivity contribution in [3.63, 3.8) is 0 Å². The number of alkyl halides is 1. The number of benzene rings is 2. The Morgan fingerprint density at radius 3 is 2.85 bits per heavy atom. The number of nitrogens with zero attached hydrogens (tertiary/aromatic N) is 1. The summed E-state index contributed by atoms with van der Waals surface area (Å²) < 4.78 is 7.24. The van der Waals surface area contributed by atoms with Crippen molar-refractivity contribution in [2.75, 3.05) is 11.0 Å². The van der Waals surface area contributed by atoms with Crippen molar-refractivity contribution in [3.8, 4) is 16.3 Å². The number of ether oxygens (including phenoxy) is 1. The number of hydrogen-bond donors (Lipinski definition) is 0. The molecule has 1 aliphatic carbocycles. The van der Waals surface area contributed by atoms with Gasteiger partial charge in [-0.2, -0.15) is 0 Å². The van der Waals surface area contributed by atoms with E-state index in [0.29, 0.717) is 6.61 Å². The van der Waals surface area contributed by atoms with E-state index in [2.05, 4.69) is 72.0 Å². The predicted octanol–water partition coefficient (Wildman–Crippen LogP) is 6.20. The van der Waals surface area contributed by atoms with Gasteiger partial charge in [-0.15, -0.1) is 11.3 Å². The minimum atomic E-state index is 0.674. The molecule has 0 amide bonds. The standard InChI is InChI=1S/C22H22INOS/c1-15-21(24-22(26-15)16-5-3-2-4-6-16)11-12-25-19-9-10-20-17(13-19)7-8-18(20)14-23/h2-6,9-10,13,18H,7-8,11-12,14H2,1H3/t18-/m0/s1. The molecule has 0 unspecified atom stereocenters. The van der Waals surface area contributed by atoms with Gasteiger partial charge in [0.15, 0.2) is 0 Å². The number of halogens is 1. The first-order valence-electron chi connectivity index (χ1n) is 9.08. The Morgan fingerprint density at radius 2 is 2.04 bits per heavy atom. The highest BCUT2D eigenvalue weighted by Gasteiger charge is 2.21. The van der Waals surface area contributed by atoms with Crippen molar-refractivity contribution < 1.29 is 4.74 Å². The lowest BCUT2D eigenvalue weighted by Crippen LogP contribution is -2.03. The largest absolute Gasteiger partial charge is 0.493 e. The average molecular weight is 475 g/mol. The summed E-state index contributed by atoms with van der Waals surface area (Å²) in [7, 11) is 0. The van der Waals surface area contributed by atoms with Crippen LogP contribution >= 0.6 is 33.9 Å². The molecule has 4 heteroatoms. The number of thiazole rings is 1. The monoisotopic (exact) mass is 475 g/mol. The van der Waals surface area contributed by atoms with E-state index >= 15 is 0 Å². The van der Waals surface area contributed by atoms with E-state index in [1.165, 1.54) is 38.8 Å². The number of aryl methyl sites for hydroxylation is 2. The Bertz CT molecular complexity index is 890. The average Bonchev–Trinajstić information content (AvgIpc) is 3.25. The van der Waals surface area contributed by atoms with Crippen LogP contribution in [-0.4, -0.2) is 16.0 Å². The molecule has 0 spiro atoms. The molecule has 1 heterocycles. The first-order valence-corrected chi connectivity index (χ1v) is 11.4. The molecule has 3 aromatic rings. The van der Waals surface area contributed by atoms with Gasteiger partial charge >= 0.3 is 0 Å². The number of hydrogen-bond acceptors (Lipinski definition) is 3. The maximum atomic E-state index is 6.04. The summed E-state index contributed by atoms with van der Waals surface area (Å²) in [6.07, 6.45) is 3.32. The molecule has 1 aromatic heterocycles. The summed E-state index contributed by atoms with van der Waals surface area (Å²) in [6.45, 7) is 2.83. The summed E-state index contributed by atoms with van der Waals surface area (Å²) in [5.74, 6) is 1.72. The van der Waals surface area contributed by atoms with Crippen LogP contribution in [0.2, 0.25) is 0 Å². The highest BCUT2D eigenvalue weighted by atomic mass is 127. The van der Waals surface area contributed by atoms with Crippen molar-refractivity contribution >= 4 is 33.9 Å². The predicted molar refractivity (Wildman–Crippen MR) is 118 cm³/mol. The van der Waals surface area contributed by atoms with Gasteiger partial charge in [0.1, 0.15) is 10.8 Å². The van der Waals surface area contributed by atoms with Crippen molar-refractivity contribution in [2.24, 2.45) is 0 Å². The molecule has 2 aromatic carbocycles. The van der Waals surface area contributed by atoms with E-state index in [-0.39, 0.29) is 0 Å². The lowest BCUT2D eigenvalue weighted by atomic mass is 10.0. The zero-order valence-corrected chi connectivity index (χ0v) is 17.8. The number of aromatic nitrogens is 1. The first-order chi connectivity index (χ1) is 12.7. The van der Waals surface area contributed by atoms with Crippen molar-refractivity contribution in [1.82, 2.24) is 4.98 Å². The molecule has 134 valence electrons. The van der Waals surface area contributed by atoms with Gasteiger partial charge in [-0.25, -0.2) is 4.98 Å². The fourth-order valence-corrected chi connectivity index (χ4v) is 5.44. The third kappa shape index (κ3) is 3.81. The second kappa shape index (κ2) is 8.09. The summed E-state index contributed by atoms with van der Waals surface area (Å²) in [6, 6.07) is 17.0. The van der Waals surface area contributed by atoms with E-state index in [1.807, 2.05) is 6.07 Å². The molecular weight excluding hydrogens is 453 g/mol. The molecule has 0 aliphatic heterocycles. The highest BCUT2D eigenvalue weighted by molar-refractivity contribution is 14.1. The maximum Gasteiger partial charge on any atom is 0.123 e. The van der Waals surface area contributed by atoms with Gasteiger partial charge in [0.25, 0.3) is 0 Å². The van der Waals surface area contributed by atoms with Crippen LogP contribution in [0.25, 0.3) is 10.6 Å². The second-order valence-electron chi connectivity index (χ2n) is 6.74. The lowest BCUT2D eigenvalue weighted by Gasteiger charge is -2.10. The van der Waals surface area contributed by atoms with Crippen molar-refractivity contribution in [1.29, 1.82) is 0 Å². The van der Waals surface area contributed by atoms with Gasteiger partial charge in [-0.3, -0.25) is 0 Å². The first kappa shape index (κ1) is 18.0. The van der Waals surface area contributed by atoms with Crippen LogP contribution in [0.1, 0.15) is 34.0 Å². The molecule has 4 rings (SSSR count). The van der Waals surface area contributed by atoms with Crippen LogP contribution in [0.3, 0.4) is 0 Å². The van der Waals surface area contributed by atoms with Gasteiger partial charge in [-0.1, -0.05) is 59.0 Å². The smallest absolute Gasteiger partial charge is 0.123 e. The SMILES string of the molecule is Cc1sc(-c2ccccc2)nc1CCOc1ccc2c(c1)CC[C@H]2CI. The Hall–Kier alpha value is -1.40. The Balaban J connectivity index is 1.39. The van der Waals surface area contributed by atoms with Gasteiger partial charge in [-0.05, 0) is 48.9 Å². The maximum absolute atomic E-state index is 6.04. The third-order valence-corrected chi connectivity index (χ3v) is 7.15. The van der Waals surface area contributed by atoms with Crippen LogP contribution < -0.4 is 4.74 Å². The van der Waals surface area contributed by atoms with E-state index < -0.39 is 0 Å². The molecule has 0 saturated heterocycles. The molecule has 0 saturated carbocycles. The van der Waals surface area contributed by atoms with Crippen LogP contribution in [0.4, 0.5) is 0 Å². The van der Waals surface area contributed by atoms with Gasteiger partial charge in [0.2, 0.25) is 0 Å². The van der Waals surface area contributed by atoms with Crippen LogP contribution in [-0.2, 0) is 12.8 Å². The van der Waals surface area contributed by atoms with Crippen LogP contribution in [0, 0.1) is 6.92 Å². The zero-order valence-electron chi connectivity index (χ0n) is 14.9. The summed E-state index contributed by atoms with van der Waals surface area (Å²) in [4.78, 5) is 6.11. The third-order valence-electron chi connectivity index (χ3n) is 5.02. The van der Waals surface area contributed by atoms with E-state index in [1.54, 1.807) is 11.3 Å². The molecule has 1 atom stereocenters. The highest BCUT2D eigenvalue weighted by Crippen LogP contribution is 2.36. The van der Waals surface area contributed by atoms with Crippen molar-refractivity contribution in [2.45, 2.75) is 32.1 Å². The zero-order chi connectivity index (χ0) is 17.9. The molecule has 1 aliphatic rings. The Kier molecular flexibility index (Phi) is 5.60. The fourth-order valence-electron chi connectivity index (χ4n) is 3.56. The van der Waals surface area contributed by atoms with Gasteiger partial charge < -0.3 is 4.74 Å². The minimum absolute atomic E-state index is 0.674. The van der Waals surface area contributed by atoms with E-state index in [0.717, 1.165) is 28.8 Å². The summed E-state index contributed by atoms with van der Waals surface area (Å²) >= 11 is 4.26. The lowest BCUT2D eigenvalue weighted by molar-refractivity contribution is 0.320. The normalized spacial score (nSPS) is 15.8. The molecule has 26 heavy (non-hydrogen) atoms. The van der Waals surface area contributed by atoms with E-state index in [9.17, 15) is 0 Å². The molecular formula is C22H22INOS. The van der Waals surface area contributed by atoms with Crippen LogP contribution in [0.15, 0.2) is 48.5 Å². The topological polar surface area (TPSA) is 22.1 Å².